The maximum absolute atomic E-state index is 12.4. The van der Waals surface area contributed by atoms with Gasteiger partial charge in [-0.1, -0.05) is 0 Å². The third kappa shape index (κ3) is 2.46. The van der Waals surface area contributed by atoms with Crippen LogP contribution in [0.5, 0.6) is 0 Å². The Morgan fingerprint density at radius 1 is 1.40 bits per heavy atom. The van der Waals surface area contributed by atoms with Crippen LogP contribution in [-0.4, -0.2) is 16.0 Å². The minimum atomic E-state index is -0.111. The summed E-state index contributed by atoms with van der Waals surface area (Å²) < 4.78 is 0. The van der Waals surface area contributed by atoms with E-state index in [1.807, 2.05) is 5.38 Å². The molecule has 0 saturated heterocycles. The second-order valence-electron chi connectivity index (χ2n) is 4.90. The molecule has 0 spiro atoms. The van der Waals surface area contributed by atoms with Gasteiger partial charge in [0.2, 0.25) is 0 Å². The summed E-state index contributed by atoms with van der Waals surface area (Å²) in [5, 5.41) is 14.1. The highest BCUT2D eigenvalue weighted by Gasteiger charge is 2.20. The molecule has 2 aromatic heterocycles. The van der Waals surface area contributed by atoms with Gasteiger partial charge in [-0.05, 0) is 37.3 Å². The van der Waals surface area contributed by atoms with Gasteiger partial charge in [0, 0.05) is 22.0 Å². The molecule has 20 heavy (non-hydrogen) atoms. The molecule has 2 N–H and O–H groups in total. The summed E-state index contributed by atoms with van der Waals surface area (Å²) in [7, 11) is 0. The van der Waals surface area contributed by atoms with Crippen LogP contribution in [0.3, 0.4) is 0 Å². The van der Waals surface area contributed by atoms with E-state index in [1.54, 1.807) is 29.8 Å². The van der Waals surface area contributed by atoms with Crippen molar-refractivity contribution in [2.75, 3.05) is 5.32 Å². The Balaban J connectivity index is 1.85. The van der Waals surface area contributed by atoms with Crippen LogP contribution in [0.4, 0.5) is 5.69 Å². The minimum absolute atomic E-state index is 0.105. The van der Waals surface area contributed by atoms with E-state index in [-0.39, 0.29) is 12.5 Å². The summed E-state index contributed by atoms with van der Waals surface area (Å²) in [6.45, 7) is -0.111. The third-order valence-electron chi connectivity index (χ3n) is 3.64. The number of fused-ring (bicyclic) bond motifs is 1. The minimum Gasteiger partial charge on any atom is -0.392 e. The normalized spacial score (nSPS) is 13.8. The number of anilines is 1. The molecular formula is C15H16N2O2S. The Morgan fingerprint density at radius 2 is 2.25 bits per heavy atom. The number of carbonyl (C=O) groups is 1. The first kappa shape index (κ1) is 13.3. The van der Waals surface area contributed by atoms with Crippen molar-refractivity contribution in [1.29, 1.82) is 0 Å². The molecule has 0 aromatic carbocycles. The highest BCUT2D eigenvalue weighted by molar-refractivity contribution is 7.10. The Bertz CT molecular complexity index is 637. The monoisotopic (exact) mass is 288 g/mol. The number of nitrogens with one attached hydrogen (secondary N) is 1. The summed E-state index contributed by atoms with van der Waals surface area (Å²) in [4.78, 5) is 17.7. The van der Waals surface area contributed by atoms with E-state index in [9.17, 15) is 9.90 Å². The zero-order chi connectivity index (χ0) is 13.9. The quantitative estimate of drug-likeness (QED) is 0.913. The maximum atomic E-state index is 12.4. The van der Waals surface area contributed by atoms with Crippen molar-refractivity contribution in [2.45, 2.75) is 32.3 Å². The molecule has 1 aliphatic carbocycles. The zero-order valence-electron chi connectivity index (χ0n) is 11.1. The number of thiophene rings is 1. The van der Waals surface area contributed by atoms with E-state index in [4.69, 9.17) is 0 Å². The van der Waals surface area contributed by atoms with Gasteiger partial charge in [0.05, 0.1) is 24.1 Å². The first-order valence-corrected chi connectivity index (χ1v) is 7.62. The van der Waals surface area contributed by atoms with Crippen molar-refractivity contribution in [3.63, 3.8) is 0 Å². The van der Waals surface area contributed by atoms with Gasteiger partial charge in [-0.2, -0.15) is 0 Å². The van der Waals surface area contributed by atoms with Crippen LogP contribution in [0.2, 0.25) is 0 Å². The standard InChI is InChI=1S/C15H16N2O2S/c18-8-10-5-6-16-7-13(10)17-15(19)12-9-20-14-4-2-1-3-11(12)14/h5-7,9,18H,1-4,8H2,(H,17,19). The molecule has 0 atom stereocenters. The molecular weight excluding hydrogens is 272 g/mol. The fourth-order valence-electron chi connectivity index (χ4n) is 2.55. The number of pyridine rings is 1. The second-order valence-corrected chi connectivity index (χ2v) is 5.87. The number of hydrogen-bond acceptors (Lipinski definition) is 4. The number of aryl methyl sites for hydroxylation is 1. The van der Waals surface area contributed by atoms with Crippen molar-refractivity contribution < 1.29 is 9.90 Å². The molecule has 1 aliphatic rings. The third-order valence-corrected chi connectivity index (χ3v) is 4.72. The summed E-state index contributed by atoms with van der Waals surface area (Å²) in [5.74, 6) is -0.105. The average Bonchev–Trinajstić information content (AvgIpc) is 2.92. The molecule has 0 radical (unpaired) electrons. The largest absolute Gasteiger partial charge is 0.392 e. The molecule has 0 saturated carbocycles. The van der Waals surface area contributed by atoms with E-state index in [2.05, 4.69) is 10.3 Å². The van der Waals surface area contributed by atoms with Crippen LogP contribution in [0.1, 0.15) is 39.2 Å². The maximum Gasteiger partial charge on any atom is 0.256 e. The molecule has 0 unspecified atom stereocenters. The molecule has 0 bridgehead atoms. The van der Waals surface area contributed by atoms with Crippen LogP contribution in [-0.2, 0) is 19.4 Å². The number of rotatable bonds is 3. The summed E-state index contributed by atoms with van der Waals surface area (Å²) in [6, 6.07) is 1.71. The molecule has 1 amide bonds. The molecule has 3 rings (SSSR count). The first-order valence-electron chi connectivity index (χ1n) is 6.74. The summed E-state index contributed by atoms with van der Waals surface area (Å²) in [5.41, 5.74) is 3.24. The Labute approximate surface area is 121 Å². The lowest BCUT2D eigenvalue weighted by Gasteiger charge is -2.13. The lowest BCUT2D eigenvalue weighted by atomic mass is 9.95. The molecule has 2 heterocycles. The highest BCUT2D eigenvalue weighted by Crippen LogP contribution is 2.30. The topological polar surface area (TPSA) is 62.2 Å². The first-order chi connectivity index (χ1) is 9.79. The molecule has 2 aromatic rings. The number of nitrogens with zero attached hydrogens (tertiary/aromatic N) is 1. The van der Waals surface area contributed by atoms with Crippen LogP contribution in [0, 0.1) is 0 Å². The number of amides is 1. The van der Waals surface area contributed by atoms with Crippen LogP contribution < -0.4 is 5.32 Å². The summed E-state index contributed by atoms with van der Waals surface area (Å²) >= 11 is 1.67. The Morgan fingerprint density at radius 3 is 3.10 bits per heavy atom. The van der Waals surface area contributed by atoms with Gasteiger partial charge in [-0.15, -0.1) is 11.3 Å². The van der Waals surface area contributed by atoms with Crippen LogP contribution in [0.15, 0.2) is 23.8 Å². The number of aliphatic hydroxyl groups excluding tert-OH is 1. The van der Waals surface area contributed by atoms with Gasteiger partial charge in [0.25, 0.3) is 5.91 Å². The Hall–Kier alpha value is -1.72. The molecule has 0 aliphatic heterocycles. The zero-order valence-corrected chi connectivity index (χ0v) is 11.9. The van der Waals surface area contributed by atoms with Gasteiger partial charge in [-0.25, -0.2) is 0 Å². The van der Waals surface area contributed by atoms with Crippen molar-refractivity contribution in [3.8, 4) is 0 Å². The molecule has 4 nitrogen and oxygen atoms in total. The highest BCUT2D eigenvalue weighted by atomic mass is 32.1. The summed E-state index contributed by atoms with van der Waals surface area (Å²) in [6.07, 6.45) is 7.62. The van der Waals surface area contributed by atoms with E-state index in [0.717, 1.165) is 24.8 Å². The lowest BCUT2D eigenvalue weighted by molar-refractivity contribution is 0.102. The predicted molar refractivity (Wildman–Crippen MR) is 79.1 cm³/mol. The number of carbonyl (C=O) groups excluding carboxylic acids is 1. The Kier molecular flexibility index (Phi) is 3.80. The van der Waals surface area contributed by atoms with E-state index >= 15 is 0 Å². The molecule has 5 heteroatoms. The lowest BCUT2D eigenvalue weighted by Crippen LogP contribution is -2.15. The number of aromatic nitrogens is 1. The number of hydrogen-bond donors (Lipinski definition) is 2. The molecule has 0 fully saturated rings. The fourth-order valence-corrected chi connectivity index (χ4v) is 3.67. The van der Waals surface area contributed by atoms with Crippen LogP contribution in [0.25, 0.3) is 0 Å². The second kappa shape index (κ2) is 5.73. The van der Waals surface area contributed by atoms with Gasteiger partial charge in [0.1, 0.15) is 0 Å². The van der Waals surface area contributed by atoms with Crippen molar-refractivity contribution >= 4 is 22.9 Å². The van der Waals surface area contributed by atoms with E-state index in [0.29, 0.717) is 11.3 Å². The van der Waals surface area contributed by atoms with Crippen LogP contribution >= 0.6 is 11.3 Å². The van der Waals surface area contributed by atoms with E-state index in [1.165, 1.54) is 16.9 Å². The van der Waals surface area contributed by atoms with Gasteiger partial charge in [-0.3, -0.25) is 9.78 Å². The van der Waals surface area contributed by atoms with Crippen molar-refractivity contribution in [1.82, 2.24) is 4.98 Å². The molecule has 104 valence electrons. The predicted octanol–water partition coefficient (Wildman–Crippen LogP) is 2.77. The number of aliphatic hydroxyl groups is 1. The van der Waals surface area contributed by atoms with Gasteiger partial charge < -0.3 is 10.4 Å². The SMILES string of the molecule is O=C(Nc1cnccc1CO)c1csc2c1CCCC2. The fraction of sp³-hybridized carbons (Fsp3) is 0.333. The van der Waals surface area contributed by atoms with E-state index < -0.39 is 0 Å². The van der Waals surface area contributed by atoms with Crippen molar-refractivity contribution in [3.05, 3.63) is 45.4 Å². The smallest absolute Gasteiger partial charge is 0.256 e. The van der Waals surface area contributed by atoms with Gasteiger partial charge >= 0.3 is 0 Å². The average molecular weight is 288 g/mol. The van der Waals surface area contributed by atoms with Gasteiger partial charge in [0.15, 0.2) is 0 Å². The van der Waals surface area contributed by atoms with Crippen molar-refractivity contribution in [2.24, 2.45) is 0 Å².